The van der Waals surface area contributed by atoms with Gasteiger partial charge in [0, 0.05) is 22.9 Å². The minimum absolute atomic E-state index is 0.121. The van der Waals surface area contributed by atoms with E-state index in [1.165, 1.54) is 20.3 Å². The minimum atomic E-state index is -0.977. The predicted molar refractivity (Wildman–Crippen MR) is 120 cm³/mol. The van der Waals surface area contributed by atoms with Gasteiger partial charge in [-0.05, 0) is 50.3 Å². The summed E-state index contributed by atoms with van der Waals surface area (Å²) in [6.07, 6.45) is 0.752. The van der Waals surface area contributed by atoms with Crippen LogP contribution in [-0.2, 0) is 23.9 Å². The molecule has 0 radical (unpaired) electrons. The molecule has 1 aromatic rings. The Labute approximate surface area is 193 Å². The Bertz CT molecular complexity index is 1040. The molecule has 1 aliphatic heterocycles. The van der Waals surface area contributed by atoms with Crippen LogP contribution in [0.15, 0.2) is 40.7 Å². The van der Waals surface area contributed by atoms with Crippen molar-refractivity contribution in [2.45, 2.75) is 52.6 Å². The summed E-state index contributed by atoms with van der Waals surface area (Å²) < 4.78 is 15.7. The molecule has 0 fully saturated rings. The van der Waals surface area contributed by atoms with E-state index in [0.29, 0.717) is 35.4 Å². The number of allylic oxidation sites excluding steroid dienone is 3. The lowest BCUT2D eigenvalue weighted by molar-refractivity contribution is -0.151. The number of rotatable bonds is 6. The average Bonchev–Trinajstić information content (AvgIpc) is 2.77. The van der Waals surface area contributed by atoms with Crippen molar-refractivity contribution in [2.24, 2.45) is 11.8 Å². The van der Waals surface area contributed by atoms with Gasteiger partial charge in [0.1, 0.15) is 5.92 Å². The first-order valence-electron chi connectivity index (χ1n) is 11.0. The van der Waals surface area contributed by atoms with E-state index < -0.39 is 29.6 Å². The van der Waals surface area contributed by atoms with Gasteiger partial charge in [-0.1, -0.05) is 19.9 Å². The highest BCUT2D eigenvalue weighted by molar-refractivity contribution is 6.12. The van der Waals surface area contributed by atoms with Gasteiger partial charge >= 0.3 is 11.9 Å². The number of nitrogens with one attached hydrogen (secondary N) is 1. The monoisotopic (exact) mass is 457 g/mol. The van der Waals surface area contributed by atoms with Crippen LogP contribution < -0.4 is 10.1 Å². The predicted octanol–water partition coefficient (Wildman–Crippen LogP) is 3.36. The number of carbonyl (C=O) groups is 3. The van der Waals surface area contributed by atoms with E-state index in [1.54, 1.807) is 26.0 Å². The number of hydrogen-bond donors (Lipinski definition) is 2. The fourth-order valence-corrected chi connectivity index (χ4v) is 4.50. The lowest BCUT2D eigenvalue weighted by Gasteiger charge is -2.38. The molecule has 2 N–H and O–H groups in total. The maximum Gasteiger partial charge on any atom is 0.337 e. The van der Waals surface area contributed by atoms with Gasteiger partial charge in [-0.2, -0.15) is 0 Å². The van der Waals surface area contributed by atoms with E-state index >= 15 is 0 Å². The quantitative estimate of drug-likeness (QED) is 0.494. The van der Waals surface area contributed by atoms with Crippen molar-refractivity contribution in [1.82, 2.24) is 5.32 Å². The molecule has 0 bridgehead atoms. The van der Waals surface area contributed by atoms with Crippen LogP contribution in [0.3, 0.4) is 0 Å². The van der Waals surface area contributed by atoms with Gasteiger partial charge in [-0.15, -0.1) is 0 Å². The molecular weight excluding hydrogens is 426 g/mol. The highest BCUT2D eigenvalue weighted by Crippen LogP contribution is 2.46. The maximum atomic E-state index is 13.7. The molecule has 3 rings (SSSR count). The maximum absolute atomic E-state index is 13.7. The van der Waals surface area contributed by atoms with E-state index in [-0.39, 0.29) is 29.1 Å². The number of ketones is 1. The third kappa shape index (κ3) is 4.47. The van der Waals surface area contributed by atoms with Gasteiger partial charge in [0.05, 0.1) is 25.9 Å². The van der Waals surface area contributed by atoms with Crippen molar-refractivity contribution in [3.8, 4) is 11.5 Å². The molecular formula is C25H31NO7. The Morgan fingerprint density at radius 2 is 1.97 bits per heavy atom. The topological polar surface area (TPSA) is 111 Å². The number of ether oxygens (including phenoxy) is 3. The normalized spacial score (nSPS) is 23.5. The Hall–Kier alpha value is -3.29. The molecule has 178 valence electrons. The SMILES string of the molecule is CC[C@H](C)OC(=O)C1=C(C)NC2=C(C(=O)[C@H](C(=O)OC)[C@@H](C)C2)[C@H]1c1ccc(OC)c(O)c1. The van der Waals surface area contributed by atoms with Crippen LogP contribution in [0.5, 0.6) is 11.5 Å². The Kier molecular flexibility index (Phi) is 7.15. The summed E-state index contributed by atoms with van der Waals surface area (Å²) in [6, 6.07) is 4.75. The van der Waals surface area contributed by atoms with Crippen LogP contribution in [0.1, 0.15) is 52.0 Å². The number of dihydropyridines is 1. The van der Waals surface area contributed by atoms with Gasteiger partial charge < -0.3 is 24.6 Å². The Morgan fingerprint density at radius 3 is 2.55 bits per heavy atom. The standard InChI is InChI=1S/C25H31NO7/c1-7-13(3)33-25(30)20-14(4)26-16-10-12(2)19(24(29)32-6)23(28)22(16)21(20)15-8-9-18(31-5)17(27)11-15/h8-9,11-13,19,21,26-27H,7,10H2,1-6H3/t12-,13-,19+,21-/m0/s1. The second-order valence-corrected chi connectivity index (χ2v) is 8.59. The van der Waals surface area contributed by atoms with Crippen molar-refractivity contribution in [2.75, 3.05) is 14.2 Å². The Balaban J connectivity index is 2.19. The van der Waals surface area contributed by atoms with Crippen LogP contribution >= 0.6 is 0 Å². The van der Waals surface area contributed by atoms with Crippen LogP contribution in [0.4, 0.5) is 0 Å². The van der Waals surface area contributed by atoms with Gasteiger partial charge in [-0.3, -0.25) is 9.59 Å². The van der Waals surface area contributed by atoms with Crippen molar-refractivity contribution in [1.29, 1.82) is 0 Å². The summed E-state index contributed by atoms with van der Waals surface area (Å²) in [6.45, 7) is 7.29. The van der Waals surface area contributed by atoms with E-state index in [0.717, 1.165) is 0 Å². The fraction of sp³-hybridized carbons (Fsp3) is 0.480. The summed E-state index contributed by atoms with van der Waals surface area (Å²) in [7, 11) is 2.69. The molecule has 8 heteroatoms. The number of aromatic hydroxyl groups is 1. The fourth-order valence-electron chi connectivity index (χ4n) is 4.50. The zero-order valence-electron chi connectivity index (χ0n) is 19.9. The zero-order chi connectivity index (χ0) is 24.4. The van der Waals surface area contributed by atoms with Crippen molar-refractivity contribution in [3.63, 3.8) is 0 Å². The van der Waals surface area contributed by atoms with Crippen molar-refractivity contribution in [3.05, 3.63) is 46.3 Å². The number of hydrogen-bond acceptors (Lipinski definition) is 8. The van der Waals surface area contributed by atoms with E-state index in [4.69, 9.17) is 14.2 Å². The molecule has 1 heterocycles. The first kappa shape index (κ1) is 24.4. The summed E-state index contributed by atoms with van der Waals surface area (Å²) >= 11 is 0. The van der Waals surface area contributed by atoms with E-state index in [9.17, 15) is 19.5 Å². The number of carbonyl (C=O) groups excluding carboxylic acids is 3. The van der Waals surface area contributed by atoms with Crippen LogP contribution in [0.25, 0.3) is 0 Å². The highest BCUT2D eigenvalue weighted by Gasteiger charge is 2.47. The number of phenols is 1. The summed E-state index contributed by atoms with van der Waals surface area (Å²) in [5.41, 5.74) is 2.33. The van der Waals surface area contributed by atoms with Crippen LogP contribution in [0, 0.1) is 11.8 Å². The van der Waals surface area contributed by atoms with Crippen molar-refractivity contribution >= 4 is 17.7 Å². The first-order valence-corrected chi connectivity index (χ1v) is 11.0. The third-order valence-electron chi connectivity index (χ3n) is 6.38. The molecule has 1 aromatic carbocycles. The number of methoxy groups -OCH3 is 2. The van der Waals surface area contributed by atoms with E-state index in [1.807, 2.05) is 13.8 Å². The number of benzene rings is 1. The zero-order valence-corrected chi connectivity index (χ0v) is 19.9. The number of Topliss-reactive ketones (excluding diaryl/α,β-unsaturated/α-hetero) is 1. The minimum Gasteiger partial charge on any atom is -0.504 e. The lowest BCUT2D eigenvalue weighted by Crippen LogP contribution is -2.43. The average molecular weight is 458 g/mol. The number of esters is 2. The second kappa shape index (κ2) is 9.68. The van der Waals surface area contributed by atoms with Gasteiger partial charge in [0.25, 0.3) is 0 Å². The summed E-state index contributed by atoms with van der Waals surface area (Å²) in [5.74, 6) is -3.48. The molecule has 1 aliphatic carbocycles. The summed E-state index contributed by atoms with van der Waals surface area (Å²) in [4.78, 5) is 39.4. The molecule has 2 aliphatic rings. The van der Waals surface area contributed by atoms with Gasteiger partial charge in [0.15, 0.2) is 17.3 Å². The molecule has 0 aromatic heterocycles. The Morgan fingerprint density at radius 1 is 1.27 bits per heavy atom. The molecule has 0 saturated heterocycles. The first-order chi connectivity index (χ1) is 15.6. The second-order valence-electron chi connectivity index (χ2n) is 8.59. The van der Waals surface area contributed by atoms with Crippen LogP contribution in [-0.4, -0.2) is 43.2 Å². The highest BCUT2D eigenvalue weighted by atomic mass is 16.5. The molecule has 4 atom stereocenters. The molecule has 8 nitrogen and oxygen atoms in total. The van der Waals surface area contributed by atoms with Crippen molar-refractivity contribution < 1.29 is 33.7 Å². The largest absolute Gasteiger partial charge is 0.504 e. The molecule has 0 amide bonds. The lowest BCUT2D eigenvalue weighted by atomic mass is 9.69. The van der Waals surface area contributed by atoms with E-state index in [2.05, 4.69) is 5.32 Å². The molecule has 0 spiro atoms. The molecule has 0 saturated carbocycles. The molecule has 0 unspecified atom stereocenters. The number of phenolic OH excluding ortho intramolecular Hbond substituents is 1. The summed E-state index contributed by atoms with van der Waals surface area (Å²) in [5, 5.41) is 13.6. The third-order valence-corrected chi connectivity index (χ3v) is 6.38. The van der Waals surface area contributed by atoms with Gasteiger partial charge in [-0.25, -0.2) is 4.79 Å². The molecule has 33 heavy (non-hydrogen) atoms. The smallest absolute Gasteiger partial charge is 0.337 e. The van der Waals surface area contributed by atoms with Crippen LogP contribution in [0.2, 0.25) is 0 Å². The van der Waals surface area contributed by atoms with Gasteiger partial charge in [0.2, 0.25) is 0 Å².